The lowest BCUT2D eigenvalue weighted by atomic mass is 10.1. The number of benzene rings is 2. The summed E-state index contributed by atoms with van der Waals surface area (Å²) in [4.78, 5) is 17.2. The van der Waals surface area contributed by atoms with E-state index in [-0.39, 0.29) is 17.2 Å². The van der Waals surface area contributed by atoms with Crippen molar-refractivity contribution in [3.8, 4) is 0 Å². The van der Waals surface area contributed by atoms with E-state index in [4.69, 9.17) is 4.84 Å². The Morgan fingerprint density at radius 1 is 1.23 bits per heavy atom. The Morgan fingerprint density at radius 2 is 1.92 bits per heavy atom. The molecule has 3 rings (SSSR count). The van der Waals surface area contributed by atoms with E-state index in [1.807, 2.05) is 19.1 Å². The van der Waals surface area contributed by atoms with Gasteiger partial charge in [0.25, 0.3) is 5.91 Å². The lowest BCUT2D eigenvalue weighted by Gasteiger charge is -2.16. The molecule has 8 heteroatoms. The smallest absolute Gasteiger partial charge is 0.277 e. The minimum absolute atomic E-state index is 0.00714. The van der Waals surface area contributed by atoms with E-state index in [2.05, 4.69) is 33.4 Å². The van der Waals surface area contributed by atoms with Crippen molar-refractivity contribution in [1.82, 2.24) is 5.48 Å². The van der Waals surface area contributed by atoms with Gasteiger partial charge in [0.05, 0.1) is 11.3 Å². The second kappa shape index (κ2) is 7.85. The van der Waals surface area contributed by atoms with Crippen molar-refractivity contribution in [3.05, 3.63) is 56.7 Å². The molecule has 0 heterocycles. The number of anilines is 2. The van der Waals surface area contributed by atoms with E-state index in [0.29, 0.717) is 5.69 Å². The van der Waals surface area contributed by atoms with Crippen LogP contribution in [-0.2, 0) is 4.84 Å². The van der Waals surface area contributed by atoms with Gasteiger partial charge in [0, 0.05) is 21.2 Å². The van der Waals surface area contributed by atoms with E-state index >= 15 is 0 Å². The highest BCUT2D eigenvalue weighted by molar-refractivity contribution is 14.1. The van der Waals surface area contributed by atoms with Crippen LogP contribution in [0.4, 0.5) is 20.2 Å². The first kappa shape index (κ1) is 19.0. The van der Waals surface area contributed by atoms with Crippen LogP contribution in [0.15, 0.2) is 30.3 Å². The fraction of sp³-hybridized carbons (Fsp3) is 0.278. The summed E-state index contributed by atoms with van der Waals surface area (Å²) in [6.45, 7) is 1.86. The van der Waals surface area contributed by atoms with Gasteiger partial charge < -0.3 is 10.4 Å². The maximum atomic E-state index is 13.7. The first-order chi connectivity index (χ1) is 12.3. The van der Waals surface area contributed by atoms with E-state index in [1.165, 1.54) is 0 Å². The van der Waals surface area contributed by atoms with Crippen molar-refractivity contribution in [3.63, 3.8) is 0 Å². The highest BCUT2D eigenvalue weighted by atomic mass is 127. The Morgan fingerprint density at radius 3 is 2.58 bits per heavy atom. The second-order valence-corrected chi connectivity index (χ2v) is 7.42. The lowest BCUT2D eigenvalue weighted by molar-refractivity contribution is -0.145. The van der Waals surface area contributed by atoms with Crippen LogP contribution in [0.2, 0.25) is 0 Å². The number of nitrogens with one attached hydrogen (secondary N) is 2. The number of carbonyl (C=O) groups is 1. The standard InChI is InChI=1S/C18H17F2IN2O3/c1-9-6-11(21)4-5-15(9)22-16-8-14(20)13(19)7-12(16)17(24)23-26-18(25)10-2-3-10/h4-8,10,18,22,25H,2-3H2,1H3,(H,23,24). The molecule has 1 unspecified atom stereocenters. The molecular formula is C18H17F2IN2O3. The van der Waals surface area contributed by atoms with E-state index in [0.717, 1.165) is 34.1 Å². The number of aryl methyl sites for hydroxylation is 1. The van der Waals surface area contributed by atoms with Crippen LogP contribution < -0.4 is 10.8 Å². The number of carbonyl (C=O) groups excluding carboxylic acids is 1. The maximum Gasteiger partial charge on any atom is 0.277 e. The molecule has 1 atom stereocenters. The van der Waals surface area contributed by atoms with Crippen LogP contribution in [0, 0.1) is 28.0 Å². The number of hydrogen-bond acceptors (Lipinski definition) is 4. The Hall–Kier alpha value is -1.78. The monoisotopic (exact) mass is 474 g/mol. The maximum absolute atomic E-state index is 13.7. The molecule has 2 aromatic carbocycles. The third kappa shape index (κ3) is 4.49. The quantitative estimate of drug-likeness (QED) is 0.336. The van der Waals surface area contributed by atoms with Gasteiger partial charge in [-0.05, 0) is 72.2 Å². The van der Waals surface area contributed by atoms with Crippen molar-refractivity contribution in [2.45, 2.75) is 26.1 Å². The number of rotatable bonds is 6. The number of halogens is 3. The zero-order valence-electron chi connectivity index (χ0n) is 13.9. The zero-order valence-corrected chi connectivity index (χ0v) is 16.0. The van der Waals surface area contributed by atoms with E-state index < -0.39 is 23.8 Å². The Balaban J connectivity index is 1.83. The molecule has 0 bridgehead atoms. The topological polar surface area (TPSA) is 70.6 Å². The van der Waals surface area contributed by atoms with Crippen molar-refractivity contribution in [2.75, 3.05) is 5.32 Å². The first-order valence-corrected chi connectivity index (χ1v) is 9.09. The van der Waals surface area contributed by atoms with Gasteiger partial charge >= 0.3 is 0 Å². The SMILES string of the molecule is Cc1cc(I)ccc1Nc1cc(F)c(F)cc1C(=O)NOC(O)C1CC1. The number of amides is 1. The molecule has 1 amide bonds. The van der Waals surface area contributed by atoms with Gasteiger partial charge in [0.15, 0.2) is 17.9 Å². The van der Waals surface area contributed by atoms with Crippen LogP contribution in [-0.4, -0.2) is 17.3 Å². The first-order valence-electron chi connectivity index (χ1n) is 8.01. The molecule has 1 saturated carbocycles. The molecule has 2 aromatic rings. The highest BCUT2D eigenvalue weighted by Crippen LogP contribution is 2.33. The van der Waals surface area contributed by atoms with E-state index in [9.17, 15) is 18.7 Å². The zero-order chi connectivity index (χ0) is 18.8. The Kier molecular flexibility index (Phi) is 5.73. The van der Waals surface area contributed by atoms with Crippen LogP contribution in [0.1, 0.15) is 28.8 Å². The summed E-state index contributed by atoms with van der Waals surface area (Å²) in [5.74, 6) is -3.02. The molecule has 138 valence electrons. The molecule has 5 nitrogen and oxygen atoms in total. The largest absolute Gasteiger partial charge is 0.366 e. The predicted molar refractivity (Wildman–Crippen MR) is 101 cm³/mol. The fourth-order valence-electron chi connectivity index (χ4n) is 2.40. The molecule has 1 fully saturated rings. The van der Waals surface area contributed by atoms with Gasteiger partial charge in [0.1, 0.15) is 0 Å². The molecule has 0 saturated heterocycles. The van der Waals surface area contributed by atoms with Gasteiger partial charge in [-0.15, -0.1) is 0 Å². The summed E-state index contributed by atoms with van der Waals surface area (Å²) in [5.41, 5.74) is 3.60. The third-order valence-corrected chi connectivity index (χ3v) is 4.73. The van der Waals surface area contributed by atoms with Crippen LogP contribution in [0.5, 0.6) is 0 Å². The summed E-state index contributed by atoms with van der Waals surface area (Å²) in [6.07, 6.45) is 0.529. The third-order valence-electron chi connectivity index (χ3n) is 4.06. The average Bonchev–Trinajstić information content (AvgIpc) is 3.43. The van der Waals surface area contributed by atoms with Gasteiger partial charge in [-0.3, -0.25) is 4.79 Å². The fourth-order valence-corrected chi connectivity index (χ4v) is 3.04. The molecular weight excluding hydrogens is 457 g/mol. The molecule has 0 aromatic heterocycles. The molecule has 3 N–H and O–H groups in total. The van der Waals surface area contributed by atoms with Crippen molar-refractivity contribution in [2.24, 2.45) is 5.92 Å². The molecule has 0 aliphatic heterocycles. The normalized spacial score (nSPS) is 14.8. The van der Waals surface area contributed by atoms with Crippen molar-refractivity contribution < 1.29 is 23.5 Å². The van der Waals surface area contributed by atoms with Crippen LogP contribution >= 0.6 is 22.6 Å². The van der Waals surface area contributed by atoms with Gasteiger partial charge in [-0.1, -0.05) is 0 Å². The van der Waals surface area contributed by atoms with Gasteiger partial charge in [-0.25, -0.2) is 19.1 Å². The Labute approximate surface area is 162 Å². The predicted octanol–water partition coefficient (Wildman–Crippen LogP) is 4.01. The summed E-state index contributed by atoms with van der Waals surface area (Å²) >= 11 is 2.17. The minimum atomic E-state index is -1.15. The molecule has 1 aliphatic carbocycles. The summed E-state index contributed by atoms with van der Waals surface area (Å²) in [7, 11) is 0. The number of aliphatic hydroxyl groups excluding tert-OH is 1. The Bertz CT molecular complexity index is 843. The summed E-state index contributed by atoms with van der Waals surface area (Å²) in [5, 5.41) is 12.6. The molecule has 0 spiro atoms. The molecule has 0 radical (unpaired) electrons. The summed E-state index contributed by atoms with van der Waals surface area (Å²) in [6, 6.07) is 7.26. The average molecular weight is 474 g/mol. The highest BCUT2D eigenvalue weighted by Gasteiger charge is 2.31. The van der Waals surface area contributed by atoms with Crippen molar-refractivity contribution >= 4 is 39.9 Å². The molecule has 26 heavy (non-hydrogen) atoms. The van der Waals surface area contributed by atoms with Crippen LogP contribution in [0.25, 0.3) is 0 Å². The van der Waals surface area contributed by atoms with Gasteiger partial charge in [-0.2, -0.15) is 0 Å². The second-order valence-electron chi connectivity index (χ2n) is 6.17. The summed E-state index contributed by atoms with van der Waals surface area (Å²) < 4.78 is 28.4. The number of hydroxylamine groups is 1. The number of aliphatic hydroxyl groups is 1. The molecule has 1 aliphatic rings. The van der Waals surface area contributed by atoms with Crippen LogP contribution in [0.3, 0.4) is 0 Å². The lowest BCUT2D eigenvalue weighted by Crippen LogP contribution is -2.31. The van der Waals surface area contributed by atoms with Crippen molar-refractivity contribution in [1.29, 1.82) is 0 Å². The minimum Gasteiger partial charge on any atom is -0.366 e. The number of hydrogen-bond donors (Lipinski definition) is 3. The van der Waals surface area contributed by atoms with E-state index in [1.54, 1.807) is 6.07 Å². The van der Waals surface area contributed by atoms with Gasteiger partial charge in [0.2, 0.25) is 0 Å².